The number of nitriles is 1. The van der Waals surface area contributed by atoms with Gasteiger partial charge in [0.15, 0.2) is 0 Å². The zero-order chi connectivity index (χ0) is 13.9. The summed E-state index contributed by atoms with van der Waals surface area (Å²) in [6, 6.07) is 9.07. The van der Waals surface area contributed by atoms with E-state index in [0.717, 1.165) is 5.56 Å². The van der Waals surface area contributed by atoms with Crippen LogP contribution in [0.3, 0.4) is 0 Å². The van der Waals surface area contributed by atoms with Crippen LogP contribution in [-0.4, -0.2) is 24.2 Å². The summed E-state index contributed by atoms with van der Waals surface area (Å²) >= 11 is 0. The highest BCUT2D eigenvalue weighted by atomic mass is 19.4. The Morgan fingerprint density at radius 3 is 2.84 bits per heavy atom. The molecule has 0 aromatic heterocycles. The van der Waals surface area contributed by atoms with Crippen molar-refractivity contribution in [3.8, 4) is 6.07 Å². The third-order valence-electron chi connectivity index (χ3n) is 3.43. The first kappa shape index (κ1) is 13.9. The summed E-state index contributed by atoms with van der Waals surface area (Å²) in [7, 11) is 0. The summed E-state index contributed by atoms with van der Waals surface area (Å²) in [4.78, 5) is 1.82. The fraction of sp³-hybridized carbons (Fsp3) is 0.500. The summed E-state index contributed by atoms with van der Waals surface area (Å²) in [5.41, 5.74) is 1.43. The summed E-state index contributed by atoms with van der Waals surface area (Å²) in [5.74, 6) is -1.22. The number of hydrogen-bond donors (Lipinski definition) is 0. The molecule has 0 spiro atoms. The normalized spacial score (nSPS) is 21.1. The highest BCUT2D eigenvalue weighted by Gasteiger charge is 2.41. The number of hydrogen-bond acceptors (Lipinski definition) is 2. The van der Waals surface area contributed by atoms with Gasteiger partial charge in [-0.15, -0.1) is 0 Å². The van der Waals surface area contributed by atoms with Gasteiger partial charge < -0.3 is 0 Å². The Morgan fingerprint density at radius 2 is 2.16 bits per heavy atom. The molecule has 0 amide bonds. The van der Waals surface area contributed by atoms with E-state index in [1.54, 1.807) is 18.2 Å². The molecule has 1 aliphatic heterocycles. The zero-order valence-corrected chi connectivity index (χ0v) is 10.5. The van der Waals surface area contributed by atoms with Gasteiger partial charge in [0.2, 0.25) is 0 Å². The first-order valence-corrected chi connectivity index (χ1v) is 6.27. The molecule has 1 atom stereocenters. The Morgan fingerprint density at radius 1 is 1.37 bits per heavy atom. The van der Waals surface area contributed by atoms with Crippen LogP contribution in [0.15, 0.2) is 24.3 Å². The lowest BCUT2D eigenvalue weighted by Gasteiger charge is -2.33. The molecule has 2 nitrogen and oxygen atoms in total. The topological polar surface area (TPSA) is 27.0 Å². The van der Waals surface area contributed by atoms with Gasteiger partial charge in [-0.3, -0.25) is 4.90 Å². The molecule has 0 N–H and O–H groups in total. The van der Waals surface area contributed by atoms with Crippen molar-refractivity contribution in [3.05, 3.63) is 35.4 Å². The summed E-state index contributed by atoms with van der Waals surface area (Å²) in [6.45, 7) is 1.21. The fourth-order valence-electron chi connectivity index (χ4n) is 2.46. The van der Waals surface area contributed by atoms with Crippen molar-refractivity contribution in [2.45, 2.75) is 25.6 Å². The first-order valence-electron chi connectivity index (χ1n) is 6.27. The van der Waals surface area contributed by atoms with Crippen LogP contribution in [0, 0.1) is 17.2 Å². The molecule has 1 aromatic rings. The van der Waals surface area contributed by atoms with E-state index < -0.39 is 12.1 Å². The summed E-state index contributed by atoms with van der Waals surface area (Å²) in [6.07, 6.45) is -3.31. The maximum atomic E-state index is 12.7. The predicted octanol–water partition coefficient (Wildman–Crippen LogP) is 3.33. The van der Waals surface area contributed by atoms with Gasteiger partial charge in [-0.25, -0.2) is 0 Å². The van der Waals surface area contributed by atoms with Crippen LogP contribution < -0.4 is 0 Å². The third kappa shape index (κ3) is 3.71. The molecule has 0 radical (unpaired) electrons. The molecule has 0 aliphatic carbocycles. The van der Waals surface area contributed by atoms with E-state index in [2.05, 4.69) is 0 Å². The van der Waals surface area contributed by atoms with Crippen LogP contribution in [0.2, 0.25) is 0 Å². The number of halogens is 3. The Balaban J connectivity index is 2.01. The van der Waals surface area contributed by atoms with Crippen LogP contribution in [0.4, 0.5) is 13.2 Å². The smallest absolute Gasteiger partial charge is 0.298 e. The molecule has 1 heterocycles. The molecular formula is C14H15F3N2. The SMILES string of the molecule is N#Cc1cccc(CN2CCC[C@@H](C(F)(F)F)C2)c1. The van der Waals surface area contributed by atoms with Crippen molar-refractivity contribution in [3.63, 3.8) is 0 Å². The van der Waals surface area contributed by atoms with Gasteiger partial charge in [-0.2, -0.15) is 18.4 Å². The van der Waals surface area contributed by atoms with Crippen molar-refractivity contribution >= 4 is 0 Å². The Kier molecular flexibility index (Phi) is 4.11. The quantitative estimate of drug-likeness (QED) is 0.822. The van der Waals surface area contributed by atoms with E-state index in [-0.39, 0.29) is 13.0 Å². The average molecular weight is 268 g/mol. The minimum atomic E-state index is -4.10. The van der Waals surface area contributed by atoms with E-state index in [9.17, 15) is 13.2 Å². The molecule has 0 bridgehead atoms. The molecule has 1 aliphatic rings. The van der Waals surface area contributed by atoms with Crippen LogP contribution >= 0.6 is 0 Å². The molecule has 1 fully saturated rings. The number of rotatable bonds is 2. The molecule has 2 rings (SSSR count). The second-order valence-electron chi connectivity index (χ2n) is 4.93. The highest BCUT2D eigenvalue weighted by Crippen LogP contribution is 2.33. The van der Waals surface area contributed by atoms with Gasteiger partial charge in [0.25, 0.3) is 0 Å². The number of piperidine rings is 1. The second-order valence-corrected chi connectivity index (χ2v) is 4.93. The zero-order valence-electron chi connectivity index (χ0n) is 10.5. The standard InChI is InChI=1S/C14H15F3N2/c15-14(16,17)13-5-2-6-19(10-13)9-12-4-1-3-11(7-12)8-18/h1,3-4,7,13H,2,5-6,9-10H2/t13-/m1/s1. The van der Waals surface area contributed by atoms with Crippen molar-refractivity contribution in [2.24, 2.45) is 5.92 Å². The number of nitrogens with zero attached hydrogens (tertiary/aromatic N) is 2. The number of likely N-dealkylation sites (tertiary alicyclic amines) is 1. The maximum Gasteiger partial charge on any atom is 0.393 e. The average Bonchev–Trinajstić information content (AvgIpc) is 2.38. The monoisotopic (exact) mass is 268 g/mol. The number of benzene rings is 1. The molecule has 0 saturated carbocycles. The molecule has 5 heteroatoms. The maximum absolute atomic E-state index is 12.7. The van der Waals surface area contributed by atoms with Crippen LogP contribution in [0.5, 0.6) is 0 Å². The van der Waals surface area contributed by atoms with Crippen LogP contribution in [0.25, 0.3) is 0 Å². The molecular weight excluding hydrogens is 253 g/mol. The minimum Gasteiger partial charge on any atom is -0.298 e. The molecule has 1 saturated heterocycles. The lowest BCUT2D eigenvalue weighted by molar-refractivity contribution is -0.187. The van der Waals surface area contributed by atoms with E-state index in [4.69, 9.17) is 5.26 Å². The van der Waals surface area contributed by atoms with Gasteiger partial charge in [-0.05, 0) is 37.1 Å². The number of alkyl halides is 3. The Labute approximate surface area is 110 Å². The van der Waals surface area contributed by atoms with Gasteiger partial charge >= 0.3 is 6.18 Å². The van der Waals surface area contributed by atoms with E-state index in [1.807, 2.05) is 17.0 Å². The summed E-state index contributed by atoms with van der Waals surface area (Å²) < 4.78 is 38.1. The van der Waals surface area contributed by atoms with E-state index in [0.29, 0.717) is 25.1 Å². The summed E-state index contributed by atoms with van der Waals surface area (Å²) in [5, 5.41) is 8.80. The Bertz CT molecular complexity index is 476. The van der Waals surface area contributed by atoms with Crippen molar-refractivity contribution < 1.29 is 13.2 Å². The molecule has 1 aromatic carbocycles. The van der Waals surface area contributed by atoms with Gasteiger partial charge in [0, 0.05) is 13.1 Å². The van der Waals surface area contributed by atoms with Crippen molar-refractivity contribution in [2.75, 3.05) is 13.1 Å². The molecule has 0 unspecified atom stereocenters. The minimum absolute atomic E-state index is 0.0558. The first-order chi connectivity index (χ1) is 8.99. The van der Waals surface area contributed by atoms with Gasteiger partial charge in [-0.1, -0.05) is 12.1 Å². The van der Waals surface area contributed by atoms with Gasteiger partial charge in [0.05, 0.1) is 17.6 Å². The predicted molar refractivity (Wildman–Crippen MR) is 65.2 cm³/mol. The third-order valence-corrected chi connectivity index (χ3v) is 3.43. The highest BCUT2D eigenvalue weighted by molar-refractivity contribution is 5.32. The van der Waals surface area contributed by atoms with Gasteiger partial charge in [0.1, 0.15) is 0 Å². The molecule has 19 heavy (non-hydrogen) atoms. The van der Waals surface area contributed by atoms with Crippen molar-refractivity contribution in [1.29, 1.82) is 5.26 Å². The fourth-order valence-corrected chi connectivity index (χ4v) is 2.46. The van der Waals surface area contributed by atoms with Crippen molar-refractivity contribution in [1.82, 2.24) is 4.90 Å². The Hall–Kier alpha value is -1.54. The largest absolute Gasteiger partial charge is 0.393 e. The lowest BCUT2D eigenvalue weighted by atomic mass is 9.97. The second kappa shape index (κ2) is 5.62. The van der Waals surface area contributed by atoms with Crippen LogP contribution in [0.1, 0.15) is 24.0 Å². The van der Waals surface area contributed by atoms with E-state index >= 15 is 0 Å². The lowest BCUT2D eigenvalue weighted by Crippen LogP contribution is -2.41. The van der Waals surface area contributed by atoms with E-state index in [1.165, 1.54) is 0 Å². The van der Waals surface area contributed by atoms with Crippen LogP contribution in [-0.2, 0) is 6.54 Å². The molecule has 102 valence electrons.